The van der Waals surface area contributed by atoms with Crippen LogP contribution >= 0.6 is 15.9 Å². The summed E-state index contributed by atoms with van der Waals surface area (Å²) in [6, 6.07) is 11.7. The minimum absolute atomic E-state index is 0.0826. The van der Waals surface area contributed by atoms with Crippen LogP contribution in [0.1, 0.15) is 45.9 Å². The SMILES string of the molecule is CC(C)(Cc1nccc(OCc2ccccc2)c1OCBr)C(O)C(O)O[Si](C)(C)C(C)(C)C. The minimum atomic E-state index is -2.25. The van der Waals surface area contributed by atoms with Gasteiger partial charge in [0.1, 0.15) is 18.2 Å². The summed E-state index contributed by atoms with van der Waals surface area (Å²) >= 11 is 3.32. The molecule has 2 rings (SSSR count). The lowest BCUT2D eigenvalue weighted by Gasteiger charge is -2.41. The summed E-state index contributed by atoms with van der Waals surface area (Å²) in [5.41, 5.74) is 1.22. The lowest BCUT2D eigenvalue weighted by Crippen LogP contribution is -2.50. The molecule has 0 fully saturated rings. The molecule has 0 aliphatic carbocycles. The highest BCUT2D eigenvalue weighted by atomic mass is 79.9. The van der Waals surface area contributed by atoms with E-state index in [-0.39, 0.29) is 10.6 Å². The van der Waals surface area contributed by atoms with Crippen molar-refractivity contribution in [2.45, 2.75) is 78.2 Å². The Hall–Kier alpha value is -1.45. The van der Waals surface area contributed by atoms with Crippen LogP contribution in [0.4, 0.5) is 0 Å². The maximum Gasteiger partial charge on any atom is 0.195 e. The Morgan fingerprint density at radius 1 is 1.00 bits per heavy atom. The molecule has 33 heavy (non-hydrogen) atoms. The van der Waals surface area contributed by atoms with E-state index in [4.69, 9.17) is 13.9 Å². The van der Waals surface area contributed by atoms with Gasteiger partial charge in [-0.2, -0.15) is 0 Å². The van der Waals surface area contributed by atoms with Crippen molar-refractivity contribution in [1.29, 1.82) is 0 Å². The van der Waals surface area contributed by atoms with Crippen molar-refractivity contribution in [3.63, 3.8) is 0 Å². The fraction of sp³-hybridized carbons (Fsp3) is 0.560. The van der Waals surface area contributed by atoms with E-state index in [1.807, 2.05) is 57.3 Å². The zero-order valence-corrected chi connectivity index (χ0v) is 23.3. The Bertz CT molecular complexity index is 886. The van der Waals surface area contributed by atoms with E-state index in [1.165, 1.54) is 0 Å². The minimum Gasteiger partial charge on any atom is -0.485 e. The molecule has 0 aliphatic heterocycles. The number of hydrogen-bond donors (Lipinski definition) is 2. The first-order chi connectivity index (χ1) is 15.3. The predicted molar refractivity (Wildman–Crippen MR) is 137 cm³/mol. The summed E-state index contributed by atoms with van der Waals surface area (Å²) in [5, 5.41) is 21.7. The largest absolute Gasteiger partial charge is 0.485 e. The zero-order chi connectivity index (χ0) is 24.9. The van der Waals surface area contributed by atoms with Crippen molar-refractivity contribution in [3.8, 4) is 11.5 Å². The average Bonchev–Trinajstić information content (AvgIpc) is 2.73. The van der Waals surface area contributed by atoms with Gasteiger partial charge in [0.05, 0.1) is 5.69 Å². The van der Waals surface area contributed by atoms with E-state index in [0.717, 1.165) is 5.56 Å². The predicted octanol–water partition coefficient (Wildman–Crippen LogP) is 5.66. The van der Waals surface area contributed by atoms with Gasteiger partial charge in [-0.15, -0.1) is 0 Å². The number of aromatic nitrogens is 1. The first-order valence-electron chi connectivity index (χ1n) is 11.2. The quantitative estimate of drug-likeness (QED) is 0.218. The summed E-state index contributed by atoms with van der Waals surface area (Å²) in [5.74, 6) is 1.09. The number of benzene rings is 1. The Labute approximate surface area is 207 Å². The second-order valence-corrected chi connectivity index (χ2v) is 15.7. The van der Waals surface area contributed by atoms with E-state index in [1.54, 1.807) is 12.3 Å². The lowest BCUT2D eigenvalue weighted by molar-refractivity contribution is -0.150. The Kier molecular flexibility index (Phi) is 9.53. The number of aliphatic hydroxyl groups is 2. The van der Waals surface area contributed by atoms with Crippen LogP contribution in [-0.2, 0) is 17.5 Å². The first-order valence-corrected chi connectivity index (χ1v) is 15.2. The van der Waals surface area contributed by atoms with Crippen molar-refractivity contribution in [3.05, 3.63) is 53.9 Å². The molecule has 1 aromatic heterocycles. The van der Waals surface area contributed by atoms with E-state index in [2.05, 4.69) is 41.7 Å². The fourth-order valence-electron chi connectivity index (χ4n) is 3.12. The normalized spacial score (nSPS) is 14.6. The topological polar surface area (TPSA) is 81.0 Å². The number of ether oxygens (including phenoxy) is 2. The summed E-state index contributed by atoms with van der Waals surface area (Å²) in [6.45, 7) is 14.5. The van der Waals surface area contributed by atoms with Gasteiger partial charge >= 0.3 is 0 Å². The molecule has 0 saturated heterocycles. The lowest BCUT2D eigenvalue weighted by atomic mass is 9.81. The van der Waals surface area contributed by atoms with Gasteiger partial charge in [-0.1, -0.05) is 65.0 Å². The first kappa shape index (κ1) is 27.8. The molecule has 0 saturated carbocycles. The monoisotopic (exact) mass is 539 g/mol. The molecular weight excluding hydrogens is 502 g/mol. The summed E-state index contributed by atoms with van der Waals surface area (Å²) in [4.78, 5) is 4.50. The van der Waals surface area contributed by atoms with E-state index < -0.39 is 26.1 Å². The van der Waals surface area contributed by atoms with Gasteiger partial charge in [-0.25, -0.2) is 0 Å². The highest BCUT2D eigenvalue weighted by Crippen LogP contribution is 2.40. The Morgan fingerprint density at radius 2 is 1.64 bits per heavy atom. The molecule has 0 amide bonds. The molecule has 0 bridgehead atoms. The molecule has 2 unspecified atom stereocenters. The highest BCUT2D eigenvalue weighted by molar-refractivity contribution is 9.09. The number of aliphatic hydroxyl groups excluding tert-OH is 2. The maximum atomic E-state index is 11.0. The molecule has 1 aromatic carbocycles. The van der Waals surface area contributed by atoms with Crippen molar-refractivity contribution >= 4 is 24.2 Å². The second-order valence-electron chi connectivity index (χ2n) is 10.5. The number of alkyl halides is 1. The molecule has 2 N–H and O–H groups in total. The molecule has 2 aromatic rings. The average molecular weight is 541 g/mol. The van der Waals surface area contributed by atoms with Gasteiger partial charge in [-0.05, 0) is 39.6 Å². The summed E-state index contributed by atoms with van der Waals surface area (Å²) in [7, 11) is -2.25. The number of pyridine rings is 1. The van der Waals surface area contributed by atoms with Crippen LogP contribution < -0.4 is 9.47 Å². The van der Waals surface area contributed by atoms with Gasteiger partial charge < -0.3 is 24.1 Å². The smallest absolute Gasteiger partial charge is 0.195 e. The molecule has 6 nitrogen and oxygen atoms in total. The van der Waals surface area contributed by atoms with Crippen molar-refractivity contribution in [2.24, 2.45) is 5.41 Å². The molecule has 0 spiro atoms. The molecule has 1 heterocycles. The molecular formula is C25H38BrNO5Si. The molecule has 184 valence electrons. The van der Waals surface area contributed by atoms with Gasteiger partial charge in [0, 0.05) is 24.1 Å². The second kappa shape index (κ2) is 11.3. The molecule has 0 radical (unpaired) electrons. The Balaban J connectivity index is 2.21. The third-order valence-electron chi connectivity index (χ3n) is 6.29. The summed E-state index contributed by atoms with van der Waals surface area (Å²) < 4.78 is 17.9. The Morgan fingerprint density at radius 3 is 2.21 bits per heavy atom. The standard InChI is InChI=1S/C25H38BrNO5Si/c1-24(2,3)33(6,7)32-23(29)22(28)25(4,5)15-19-21(31-17-26)20(13-14-27-19)30-16-18-11-9-8-10-12-18/h8-14,22-23,28-29H,15-17H2,1-7H3. The molecule has 2 atom stereocenters. The van der Waals surface area contributed by atoms with Crippen LogP contribution in [0.15, 0.2) is 42.6 Å². The third kappa shape index (κ3) is 7.52. The molecule has 8 heteroatoms. The highest BCUT2D eigenvalue weighted by Gasteiger charge is 2.43. The van der Waals surface area contributed by atoms with Gasteiger partial charge in [0.15, 0.2) is 26.1 Å². The van der Waals surface area contributed by atoms with Crippen LogP contribution in [0.5, 0.6) is 11.5 Å². The third-order valence-corrected chi connectivity index (χ3v) is 11.0. The van der Waals surface area contributed by atoms with Crippen LogP contribution in [0, 0.1) is 5.41 Å². The summed E-state index contributed by atoms with van der Waals surface area (Å²) in [6.07, 6.45) is -0.378. The van der Waals surface area contributed by atoms with Gasteiger partial charge in [0.25, 0.3) is 0 Å². The van der Waals surface area contributed by atoms with Crippen LogP contribution in [0.25, 0.3) is 0 Å². The van der Waals surface area contributed by atoms with Crippen molar-refractivity contribution in [2.75, 3.05) is 5.52 Å². The van der Waals surface area contributed by atoms with Crippen molar-refractivity contribution in [1.82, 2.24) is 4.98 Å². The number of rotatable bonds is 11. The molecule has 0 aliphatic rings. The fourth-order valence-corrected chi connectivity index (χ4v) is 4.44. The van der Waals surface area contributed by atoms with Gasteiger partial charge in [0.2, 0.25) is 0 Å². The number of halogens is 1. The van der Waals surface area contributed by atoms with Crippen molar-refractivity contribution < 1.29 is 24.1 Å². The van der Waals surface area contributed by atoms with Gasteiger partial charge in [-0.3, -0.25) is 4.98 Å². The number of nitrogens with zero attached hydrogens (tertiary/aromatic N) is 1. The van der Waals surface area contributed by atoms with Crippen LogP contribution in [0.3, 0.4) is 0 Å². The van der Waals surface area contributed by atoms with Crippen LogP contribution in [-0.4, -0.2) is 41.4 Å². The van der Waals surface area contributed by atoms with E-state index in [9.17, 15) is 10.2 Å². The van der Waals surface area contributed by atoms with Crippen LogP contribution in [0.2, 0.25) is 18.1 Å². The zero-order valence-electron chi connectivity index (χ0n) is 20.8. The van der Waals surface area contributed by atoms with E-state index in [0.29, 0.717) is 30.2 Å². The maximum absolute atomic E-state index is 11.0. The number of hydrogen-bond acceptors (Lipinski definition) is 6. The van der Waals surface area contributed by atoms with E-state index >= 15 is 0 Å².